The molecule has 0 spiro atoms. The Bertz CT molecular complexity index is 3020. The van der Waals surface area contributed by atoms with E-state index < -0.39 is 0 Å². The number of benzene rings is 6. The molecule has 294 valence electrons. The van der Waals surface area contributed by atoms with Gasteiger partial charge in [0.2, 0.25) is 0 Å². The monoisotopic (exact) mass is 773 g/mol. The molecule has 4 heterocycles. The predicted molar refractivity (Wildman–Crippen MR) is 248 cm³/mol. The molecule has 0 saturated heterocycles. The van der Waals surface area contributed by atoms with E-state index in [9.17, 15) is 0 Å². The zero-order valence-corrected chi connectivity index (χ0v) is 35.3. The van der Waals surface area contributed by atoms with E-state index in [1.165, 1.54) is 55.3 Å². The summed E-state index contributed by atoms with van der Waals surface area (Å²) in [4.78, 5) is 9.77. The molecular weight excluding hydrogens is 723 g/mol. The Labute approximate surface area is 346 Å². The molecule has 0 radical (unpaired) electrons. The Kier molecular flexibility index (Phi) is 8.60. The molecule has 6 aromatic carbocycles. The van der Waals surface area contributed by atoms with E-state index in [1.807, 2.05) is 6.20 Å². The van der Waals surface area contributed by atoms with E-state index in [2.05, 4.69) is 208 Å². The summed E-state index contributed by atoms with van der Waals surface area (Å²) >= 11 is 0. The summed E-state index contributed by atoms with van der Waals surface area (Å²) in [6.45, 7) is 16.7. The Morgan fingerprint density at radius 1 is 0.559 bits per heavy atom. The Morgan fingerprint density at radius 3 is 1.90 bits per heavy atom. The van der Waals surface area contributed by atoms with Crippen LogP contribution < -0.4 is 14.5 Å². The number of nitrogens with zero attached hydrogens (tertiary/aromatic N) is 5. The molecule has 10 rings (SSSR count). The SMILES string of the molecule is CC(C)c1cccc2c3cccc(C(C)C)c3n(-c3ccnc(-n4c5ccccc5c5ccc(Oc6cc(N7CN(C)c8ccccc87)cc(C(C)(C)C)c6)cc54)c3)c12. The fourth-order valence-corrected chi connectivity index (χ4v) is 9.26. The first-order valence-electron chi connectivity index (χ1n) is 20.9. The summed E-state index contributed by atoms with van der Waals surface area (Å²) in [5.74, 6) is 3.16. The highest BCUT2D eigenvalue weighted by Crippen LogP contribution is 2.44. The second-order valence-electron chi connectivity index (χ2n) is 17.9. The summed E-state index contributed by atoms with van der Waals surface area (Å²) in [6.07, 6.45) is 1.97. The second-order valence-corrected chi connectivity index (χ2v) is 17.9. The van der Waals surface area contributed by atoms with Crippen molar-refractivity contribution in [2.75, 3.05) is 23.5 Å². The van der Waals surface area contributed by atoms with Gasteiger partial charge in [0.15, 0.2) is 0 Å². The van der Waals surface area contributed by atoms with Crippen LogP contribution in [-0.4, -0.2) is 27.8 Å². The molecule has 6 heteroatoms. The lowest BCUT2D eigenvalue weighted by molar-refractivity contribution is 0.479. The van der Waals surface area contributed by atoms with Gasteiger partial charge in [-0.1, -0.05) is 115 Å². The Morgan fingerprint density at radius 2 is 1.20 bits per heavy atom. The molecule has 0 saturated carbocycles. The van der Waals surface area contributed by atoms with Crippen LogP contribution in [-0.2, 0) is 5.41 Å². The van der Waals surface area contributed by atoms with E-state index >= 15 is 0 Å². The van der Waals surface area contributed by atoms with Crippen LogP contribution >= 0.6 is 0 Å². The van der Waals surface area contributed by atoms with Gasteiger partial charge in [0, 0.05) is 58.7 Å². The molecule has 0 amide bonds. The standard InChI is InChI=1S/C53H51N5O/c1-33(2)40-16-13-18-44-45-19-14-17-41(34(3)4)52(45)57(51(40)44)36-25-26-54-50(30-36)58-46-20-10-9-15-42(46)43-24-23-38(31-49(43)58)59-39-28-35(53(5,6)7)27-37(29-39)56-32-55(8)47-21-11-12-22-48(47)56/h9-31,33-34H,32H2,1-8H3. The second kappa shape index (κ2) is 13.8. The lowest BCUT2D eigenvalue weighted by atomic mass is 9.86. The van der Waals surface area contributed by atoms with E-state index in [-0.39, 0.29) is 5.41 Å². The number of fused-ring (bicyclic) bond motifs is 7. The zero-order chi connectivity index (χ0) is 40.7. The van der Waals surface area contributed by atoms with Gasteiger partial charge in [0.05, 0.1) is 45.8 Å². The fraction of sp³-hybridized carbons (Fsp3) is 0.226. The van der Waals surface area contributed by atoms with Crippen LogP contribution in [0.15, 0.2) is 140 Å². The van der Waals surface area contributed by atoms with Gasteiger partial charge in [0.25, 0.3) is 0 Å². The minimum absolute atomic E-state index is 0.0748. The van der Waals surface area contributed by atoms with E-state index in [1.54, 1.807) is 0 Å². The molecule has 59 heavy (non-hydrogen) atoms. The number of rotatable bonds is 7. The highest BCUT2D eigenvalue weighted by molar-refractivity contribution is 6.12. The van der Waals surface area contributed by atoms with Crippen LogP contribution in [0.1, 0.15) is 77.0 Å². The van der Waals surface area contributed by atoms with Crippen LogP contribution in [0, 0.1) is 0 Å². The first kappa shape index (κ1) is 36.8. The number of anilines is 3. The summed E-state index contributed by atoms with van der Waals surface area (Å²) in [6, 6.07) is 48.4. The number of hydrogen-bond acceptors (Lipinski definition) is 4. The van der Waals surface area contributed by atoms with Crippen molar-refractivity contribution in [1.82, 2.24) is 14.1 Å². The molecule has 0 unspecified atom stereocenters. The zero-order valence-electron chi connectivity index (χ0n) is 35.3. The average Bonchev–Trinajstić information content (AvgIpc) is 3.87. The molecule has 0 bridgehead atoms. The number of para-hydroxylation sites is 5. The van der Waals surface area contributed by atoms with Gasteiger partial charge < -0.3 is 19.1 Å². The molecule has 9 aromatic rings. The molecule has 0 atom stereocenters. The van der Waals surface area contributed by atoms with Crippen molar-refractivity contribution in [1.29, 1.82) is 0 Å². The van der Waals surface area contributed by atoms with E-state index in [0.717, 1.165) is 51.8 Å². The van der Waals surface area contributed by atoms with Gasteiger partial charge in [-0.05, 0) is 82.5 Å². The quantitative estimate of drug-likeness (QED) is 0.162. The van der Waals surface area contributed by atoms with Gasteiger partial charge in [-0.2, -0.15) is 0 Å². The van der Waals surface area contributed by atoms with Crippen molar-refractivity contribution in [3.8, 4) is 23.0 Å². The molecule has 0 aliphatic carbocycles. The van der Waals surface area contributed by atoms with Crippen molar-refractivity contribution in [2.45, 2.75) is 65.7 Å². The van der Waals surface area contributed by atoms with Gasteiger partial charge in [0.1, 0.15) is 17.3 Å². The van der Waals surface area contributed by atoms with Crippen LogP contribution in [0.5, 0.6) is 11.5 Å². The fourth-order valence-electron chi connectivity index (χ4n) is 9.26. The van der Waals surface area contributed by atoms with Crippen LogP contribution in [0.3, 0.4) is 0 Å². The maximum atomic E-state index is 6.90. The van der Waals surface area contributed by atoms with Gasteiger partial charge in [-0.15, -0.1) is 0 Å². The Balaban J connectivity index is 1.13. The third-order valence-electron chi connectivity index (χ3n) is 12.2. The van der Waals surface area contributed by atoms with Gasteiger partial charge in [-0.3, -0.25) is 4.57 Å². The molecule has 0 fully saturated rings. The highest BCUT2D eigenvalue weighted by Gasteiger charge is 2.27. The van der Waals surface area contributed by atoms with Crippen molar-refractivity contribution in [3.05, 3.63) is 156 Å². The lowest BCUT2D eigenvalue weighted by Crippen LogP contribution is -2.24. The predicted octanol–water partition coefficient (Wildman–Crippen LogP) is 14.2. The molecule has 3 aromatic heterocycles. The summed E-state index contributed by atoms with van der Waals surface area (Å²) in [5, 5.41) is 4.90. The van der Waals surface area contributed by atoms with Crippen molar-refractivity contribution < 1.29 is 4.74 Å². The van der Waals surface area contributed by atoms with Crippen LogP contribution in [0.25, 0.3) is 55.1 Å². The molecule has 6 nitrogen and oxygen atoms in total. The van der Waals surface area contributed by atoms with Crippen LogP contribution in [0.2, 0.25) is 0 Å². The number of pyridine rings is 1. The normalized spacial score (nSPS) is 13.3. The maximum absolute atomic E-state index is 6.90. The van der Waals surface area contributed by atoms with Gasteiger partial charge >= 0.3 is 0 Å². The third kappa shape index (κ3) is 6.04. The number of hydrogen-bond donors (Lipinski definition) is 0. The molecular formula is C53H51N5O. The van der Waals surface area contributed by atoms with Crippen molar-refractivity contribution in [2.24, 2.45) is 0 Å². The summed E-state index contributed by atoms with van der Waals surface area (Å²) < 4.78 is 11.7. The molecule has 1 aliphatic rings. The number of aromatic nitrogens is 3. The smallest absolute Gasteiger partial charge is 0.139 e. The topological polar surface area (TPSA) is 38.5 Å². The molecule has 1 aliphatic heterocycles. The minimum Gasteiger partial charge on any atom is -0.457 e. The largest absolute Gasteiger partial charge is 0.457 e. The first-order chi connectivity index (χ1) is 28.5. The Hall–Kier alpha value is -6.53. The molecule has 0 N–H and O–H groups in total. The minimum atomic E-state index is -0.0748. The highest BCUT2D eigenvalue weighted by atomic mass is 16.5. The van der Waals surface area contributed by atoms with Gasteiger partial charge in [-0.25, -0.2) is 4.98 Å². The number of ether oxygens (including phenoxy) is 1. The lowest BCUT2D eigenvalue weighted by Gasteiger charge is -2.25. The van der Waals surface area contributed by atoms with Crippen LogP contribution in [0.4, 0.5) is 17.1 Å². The summed E-state index contributed by atoms with van der Waals surface area (Å²) in [5.41, 5.74) is 13.1. The maximum Gasteiger partial charge on any atom is 0.139 e. The van der Waals surface area contributed by atoms with Crippen molar-refractivity contribution in [3.63, 3.8) is 0 Å². The van der Waals surface area contributed by atoms with E-state index in [4.69, 9.17) is 9.72 Å². The van der Waals surface area contributed by atoms with E-state index in [0.29, 0.717) is 11.8 Å². The first-order valence-corrected chi connectivity index (χ1v) is 20.9. The third-order valence-corrected chi connectivity index (χ3v) is 12.2. The van der Waals surface area contributed by atoms with Crippen molar-refractivity contribution >= 4 is 60.7 Å². The summed E-state index contributed by atoms with van der Waals surface area (Å²) in [7, 11) is 2.15. The average molecular weight is 774 g/mol.